The normalized spacial score (nSPS) is 16.5. The molecule has 0 bridgehead atoms. The Morgan fingerprint density at radius 2 is 1.62 bits per heavy atom. The number of esters is 2. The minimum atomic E-state index is -4.83. The number of methoxy groups -OCH3 is 2. The molecule has 1 aliphatic heterocycles. The third-order valence-electron chi connectivity index (χ3n) is 6.10. The van der Waals surface area contributed by atoms with Gasteiger partial charge in [-0.1, -0.05) is 0 Å². The summed E-state index contributed by atoms with van der Waals surface area (Å²) in [5.74, 6) is -2.07. The van der Waals surface area contributed by atoms with Crippen LogP contribution in [0.3, 0.4) is 0 Å². The number of hydrogen-bond acceptors (Lipinski definition) is 7. The molecule has 0 saturated heterocycles. The molecule has 1 aromatic heterocycles. The largest absolute Gasteiger partial charge is 0.466 e. The Bertz CT molecular complexity index is 1260. The SMILES string of the molecule is COC(=O)C1=C(C(=O)OC)N(c2cc(C(F)(F)F)ccc2-n2nc(C(F)(F)F)c3c2CCCC3)COC1. The number of benzene rings is 1. The van der Waals surface area contributed by atoms with Crippen LogP contribution in [0.4, 0.5) is 32.0 Å². The molecule has 14 heteroatoms. The first-order valence-electron chi connectivity index (χ1n) is 11.0. The highest BCUT2D eigenvalue weighted by molar-refractivity contribution is 6.03. The summed E-state index contributed by atoms with van der Waals surface area (Å²) < 4.78 is 98.2. The van der Waals surface area contributed by atoms with Crippen molar-refractivity contribution >= 4 is 17.6 Å². The van der Waals surface area contributed by atoms with Crippen LogP contribution in [-0.2, 0) is 49.0 Å². The summed E-state index contributed by atoms with van der Waals surface area (Å²) in [4.78, 5) is 26.0. The lowest BCUT2D eigenvalue weighted by Crippen LogP contribution is -2.39. The van der Waals surface area contributed by atoms with Crippen LogP contribution in [0.2, 0.25) is 0 Å². The van der Waals surface area contributed by atoms with Crippen molar-refractivity contribution in [3.63, 3.8) is 0 Å². The van der Waals surface area contributed by atoms with Crippen molar-refractivity contribution in [2.24, 2.45) is 0 Å². The molecule has 0 saturated carbocycles. The first kappa shape index (κ1) is 26.5. The molecule has 37 heavy (non-hydrogen) atoms. The molecule has 1 aliphatic carbocycles. The topological polar surface area (TPSA) is 82.9 Å². The monoisotopic (exact) mass is 533 g/mol. The van der Waals surface area contributed by atoms with Crippen molar-refractivity contribution in [2.75, 3.05) is 32.5 Å². The van der Waals surface area contributed by atoms with Gasteiger partial charge in [-0.25, -0.2) is 14.3 Å². The zero-order valence-corrected chi connectivity index (χ0v) is 19.6. The van der Waals surface area contributed by atoms with E-state index in [4.69, 9.17) is 9.47 Å². The molecular formula is C23H21F6N3O5. The van der Waals surface area contributed by atoms with Gasteiger partial charge in [0.2, 0.25) is 0 Å². The number of anilines is 1. The smallest absolute Gasteiger partial charge is 0.435 e. The Labute approximate surface area is 206 Å². The first-order valence-corrected chi connectivity index (χ1v) is 11.0. The Balaban J connectivity index is 2.02. The summed E-state index contributed by atoms with van der Waals surface area (Å²) in [5.41, 5.74) is -3.41. The molecule has 200 valence electrons. The van der Waals surface area contributed by atoms with Crippen molar-refractivity contribution in [1.29, 1.82) is 0 Å². The van der Waals surface area contributed by atoms with Gasteiger partial charge in [0, 0.05) is 11.3 Å². The van der Waals surface area contributed by atoms with Crippen LogP contribution in [0.5, 0.6) is 0 Å². The molecule has 0 amide bonds. The van der Waals surface area contributed by atoms with Crippen molar-refractivity contribution in [2.45, 2.75) is 38.0 Å². The molecule has 0 unspecified atom stereocenters. The van der Waals surface area contributed by atoms with Gasteiger partial charge in [0.25, 0.3) is 0 Å². The minimum absolute atomic E-state index is 0.0292. The number of rotatable bonds is 4. The van der Waals surface area contributed by atoms with Crippen molar-refractivity contribution < 1.29 is 50.1 Å². The fourth-order valence-electron chi connectivity index (χ4n) is 4.45. The van der Waals surface area contributed by atoms with Crippen LogP contribution >= 0.6 is 0 Å². The zero-order chi connectivity index (χ0) is 27.1. The van der Waals surface area contributed by atoms with Crippen molar-refractivity contribution in [3.05, 3.63) is 52.0 Å². The Morgan fingerprint density at radius 3 is 2.24 bits per heavy atom. The Kier molecular flexibility index (Phi) is 6.97. The summed E-state index contributed by atoms with van der Waals surface area (Å²) in [6.07, 6.45) is -8.25. The lowest BCUT2D eigenvalue weighted by molar-refractivity contribution is -0.142. The van der Waals surface area contributed by atoms with Gasteiger partial charge in [-0.05, 0) is 43.9 Å². The van der Waals surface area contributed by atoms with Crippen LogP contribution < -0.4 is 4.90 Å². The van der Waals surface area contributed by atoms with Gasteiger partial charge < -0.3 is 19.1 Å². The van der Waals surface area contributed by atoms with E-state index in [2.05, 4.69) is 9.84 Å². The second-order valence-electron chi connectivity index (χ2n) is 8.31. The third-order valence-corrected chi connectivity index (χ3v) is 6.10. The predicted octanol–water partition coefficient (Wildman–Crippen LogP) is 4.18. The van der Waals surface area contributed by atoms with E-state index in [1.165, 1.54) is 0 Å². The van der Waals surface area contributed by atoms with E-state index in [1.54, 1.807) is 0 Å². The number of hydrogen-bond donors (Lipinski definition) is 0. The van der Waals surface area contributed by atoms with Gasteiger partial charge in [-0.3, -0.25) is 0 Å². The molecule has 2 aliphatic rings. The van der Waals surface area contributed by atoms with E-state index < -0.39 is 54.6 Å². The number of ether oxygens (including phenoxy) is 3. The van der Waals surface area contributed by atoms with Gasteiger partial charge in [0.1, 0.15) is 12.4 Å². The van der Waals surface area contributed by atoms with Crippen LogP contribution in [0, 0.1) is 0 Å². The highest BCUT2D eigenvalue weighted by Crippen LogP contribution is 2.41. The molecule has 0 radical (unpaired) electrons. The maximum absolute atomic E-state index is 13.8. The molecule has 0 atom stereocenters. The predicted molar refractivity (Wildman–Crippen MR) is 115 cm³/mol. The summed E-state index contributed by atoms with van der Waals surface area (Å²) in [5, 5.41) is 3.76. The number of carbonyl (C=O) groups excluding carboxylic acids is 2. The Hall–Kier alpha value is -3.55. The zero-order valence-electron chi connectivity index (χ0n) is 19.6. The van der Waals surface area contributed by atoms with Gasteiger partial charge in [0.05, 0.1) is 43.3 Å². The molecule has 8 nitrogen and oxygen atoms in total. The van der Waals surface area contributed by atoms with E-state index in [0.717, 1.165) is 29.9 Å². The average molecular weight is 533 g/mol. The molecule has 0 N–H and O–H groups in total. The fraction of sp³-hybridized carbons (Fsp3) is 0.435. The number of alkyl halides is 6. The molecule has 4 rings (SSSR count). The fourth-order valence-corrected chi connectivity index (χ4v) is 4.45. The van der Waals surface area contributed by atoms with Gasteiger partial charge in [-0.15, -0.1) is 0 Å². The van der Waals surface area contributed by atoms with E-state index >= 15 is 0 Å². The number of carbonyl (C=O) groups is 2. The highest BCUT2D eigenvalue weighted by atomic mass is 19.4. The Morgan fingerprint density at radius 1 is 0.946 bits per heavy atom. The van der Waals surface area contributed by atoms with Gasteiger partial charge in [0.15, 0.2) is 5.69 Å². The number of aromatic nitrogens is 2. The minimum Gasteiger partial charge on any atom is -0.466 e. The van der Waals surface area contributed by atoms with Crippen molar-refractivity contribution in [1.82, 2.24) is 9.78 Å². The molecule has 2 heterocycles. The van der Waals surface area contributed by atoms with E-state index in [0.29, 0.717) is 25.0 Å². The third kappa shape index (κ3) is 4.89. The van der Waals surface area contributed by atoms with E-state index in [9.17, 15) is 35.9 Å². The highest BCUT2D eigenvalue weighted by Gasteiger charge is 2.41. The second kappa shape index (κ2) is 9.72. The molecule has 0 fully saturated rings. The summed E-state index contributed by atoms with van der Waals surface area (Å²) in [6, 6.07) is 2.34. The lowest BCUT2D eigenvalue weighted by atomic mass is 9.95. The van der Waals surface area contributed by atoms with Crippen LogP contribution in [0.25, 0.3) is 5.69 Å². The van der Waals surface area contributed by atoms with Gasteiger partial charge >= 0.3 is 24.3 Å². The number of halogens is 6. The molecular weight excluding hydrogens is 512 g/mol. The van der Waals surface area contributed by atoms with Gasteiger partial charge in [-0.2, -0.15) is 31.4 Å². The maximum atomic E-state index is 13.8. The number of fused-ring (bicyclic) bond motifs is 1. The van der Waals surface area contributed by atoms with Crippen molar-refractivity contribution in [3.8, 4) is 5.69 Å². The molecule has 0 spiro atoms. The van der Waals surface area contributed by atoms with Crippen LogP contribution in [0.15, 0.2) is 29.5 Å². The van der Waals surface area contributed by atoms with Crippen LogP contribution in [0.1, 0.15) is 35.4 Å². The van der Waals surface area contributed by atoms with E-state index in [-0.39, 0.29) is 41.0 Å². The standard InChI is InChI=1S/C23H21F6N3O5/c1-35-20(33)14-10-37-11-31(18(14)21(34)36-2)17-9-12(22(24,25)26)7-8-16(17)32-15-6-4-3-5-13(15)19(30-32)23(27,28)29/h7-9H,3-6,10-11H2,1-2H3. The summed E-state index contributed by atoms with van der Waals surface area (Å²) in [7, 11) is 2.04. The van der Waals surface area contributed by atoms with E-state index in [1.807, 2.05) is 0 Å². The quantitative estimate of drug-likeness (QED) is 0.431. The molecule has 2 aromatic rings. The molecule has 1 aromatic carbocycles. The summed E-state index contributed by atoms with van der Waals surface area (Å²) in [6.45, 7) is -0.911. The second-order valence-corrected chi connectivity index (χ2v) is 8.31. The maximum Gasteiger partial charge on any atom is 0.435 e. The van der Waals surface area contributed by atoms with Crippen LogP contribution in [-0.4, -0.2) is 49.3 Å². The number of nitrogens with zero attached hydrogens (tertiary/aromatic N) is 3. The average Bonchev–Trinajstić information content (AvgIpc) is 3.26. The summed E-state index contributed by atoms with van der Waals surface area (Å²) >= 11 is 0. The first-order chi connectivity index (χ1) is 17.4. The lowest BCUT2D eigenvalue weighted by Gasteiger charge is -2.33.